The third kappa shape index (κ3) is 5.70. The number of benzene rings is 3. The molecule has 0 saturated carbocycles. The summed E-state index contributed by atoms with van der Waals surface area (Å²) >= 11 is 18.8. The Morgan fingerprint density at radius 2 is 1.51 bits per heavy atom. The molecule has 0 unspecified atom stereocenters. The van der Waals surface area contributed by atoms with E-state index in [-0.39, 0.29) is 10.7 Å². The van der Waals surface area contributed by atoms with Crippen LogP contribution in [0.4, 0.5) is 11.4 Å². The van der Waals surface area contributed by atoms with Crippen LogP contribution in [0.1, 0.15) is 16.1 Å². The quantitative estimate of drug-likeness (QED) is 0.216. The lowest BCUT2D eigenvalue weighted by molar-refractivity contribution is -0.133. The van der Waals surface area contributed by atoms with Gasteiger partial charge in [0.15, 0.2) is 0 Å². The Morgan fingerprint density at radius 1 is 0.800 bits per heavy atom. The zero-order chi connectivity index (χ0) is 25.3. The number of rotatable bonds is 4. The van der Waals surface area contributed by atoms with Gasteiger partial charge in [-0.25, -0.2) is 4.68 Å². The number of amides is 3. The monoisotopic (exact) mass is 636 g/mol. The molecule has 7 nitrogen and oxygen atoms in total. The standard InChI is InChI=1S/C24H16Br2Cl2N4O3/c1-12-8-14(25)2-6-19(12)30-23(34)24(35)31-32-20-7-3-15(26)9-13(20)10-21(32)22(33)29-16-4-5-17(27)18(28)11-16/h2-11H,1H3,(H,29,33)(H,30,34)(H,31,35). The summed E-state index contributed by atoms with van der Waals surface area (Å²) in [5, 5.41) is 6.61. The van der Waals surface area contributed by atoms with E-state index >= 15 is 0 Å². The fraction of sp³-hybridized carbons (Fsp3) is 0.0417. The number of fused-ring (bicyclic) bond motifs is 1. The number of carbonyl (C=O) groups excluding carboxylic acids is 3. The zero-order valence-corrected chi connectivity index (χ0v) is 22.6. The number of hydrogen-bond donors (Lipinski definition) is 3. The van der Waals surface area contributed by atoms with Crippen molar-refractivity contribution in [2.24, 2.45) is 0 Å². The number of nitrogens with one attached hydrogen (secondary N) is 3. The van der Waals surface area contributed by atoms with Gasteiger partial charge in [0.1, 0.15) is 5.69 Å². The molecule has 0 saturated heterocycles. The Morgan fingerprint density at radius 3 is 2.23 bits per heavy atom. The second-order valence-corrected chi connectivity index (χ2v) is 10.2. The Kier molecular flexibility index (Phi) is 7.51. The summed E-state index contributed by atoms with van der Waals surface area (Å²) < 4.78 is 2.90. The van der Waals surface area contributed by atoms with Crippen molar-refractivity contribution in [2.75, 3.05) is 16.1 Å². The number of hydrogen-bond acceptors (Lipinski definition) is 3. The normalized spacial score (nSPS) is 10.8. The van der Waals surface area contributed by atoms with Gasteiger partial charge in [0, 0.05) is 25.7 Å². The molecule has 11 heteroatoms. The van der Waals surface area contributed by atoms with E-state index in [2.05, 4.69) is 47.9 Å². The predicted octanol–water partition coefficient (Wildman–Crippen LogP) is 6.74. The summed E-state index contributed by atoms with van der Waals surface area (Å²) in [6.07, 6.45) is 0. The highest BCUT2D eigenvalue weighted by molar-refractivity contribution is 9.10. The van der Waals surface area contributed by atoms with Crippen LogP contribution in [0, 0.1) is 6.92 Å². The van der Waals surface area contributed by atoms with Gasteiger partial charge in [-0.15, -0.1) is 0 Å². The topological polar surface area (TPSA) is 92.2 Å². The fourth-order valence-corrected chi connectivity index (χ4v) is 4.49. The third-order valence-corrected chi connectivity index (χ3v) is 6.76. The first kappa shape index (κ1) is 25.2. The van der Waals surface area contributed by atoms with Crippen LogP contribution in [0.15, 0.2) is 69.6 Å². The molecule has 4 aromatic rings. The number of halogens is 4. The molecule has 0 radical (unpaired) electrons. The lowest BCUT2D eigenvalue weighted by atomic mass is 10.2. The van der Waals surface area contributed by atoms with E-state index in [9.17, 15) is 14.4 Å². The van der Waals surface area contributed by atoms with E-state index < -0.39 is 17.7 Å². The molecule has 4 rings (SSSR count). The highest BCUT2D eigenvalue weighted by Crippen LogP contribution is 2.27. The first-order valence-electron chi connectivity index (χ1n) is 10.1. The lowest BCUT2D eigenvalue weighted by Crippen LogP contribution is -2.36. The van der Waals surface area contributed by atoms with Crippen LogP contribution in [0.5, 0.6) is 0 Å². The molecular formula is C24H16Br2Cl2N4O3. The van der Waals surface area contributed by atoms with Crippen LogP contribution >= 0.6 is 55.1 Å². The molecule has 35 heavy (non-hydrogen) atoms. The van der Waals surface area contributed by atoms with E-state index in [4.69, 9.17) is 23.2 Å². The molecule has 0 aliphatic heterocycles. The molecule has 0 bridgehead atoms. The lowest BCUT2D eigenvalue weighted by Gasteiger charge is -2.13. The van der Waals surface area contributed by atoms with E-state index in [1.165, 1.54) is 10.7 Å². The molecule has 1 heterocycles. The molecule has 3 amide bonds. The number of anilines is 2. The summed E-state index contributed by atoms with van der Waals surface area (Å²) in [4.78, 5) is 38.5. The number of nitrogens with zero attached hydrogens (tertiary/aromatic N) is 1. The molecule has 0 fully saturated rings. The SMILES string of the molecule is Cc1cc(Br)ccc1NC(=O)C(=O)Nn1c(C(=O)Nc2ccc(Cl)c(Cl)c2)cc2cc(Br)ccc21. The minimum Gasteiger partial charge on any atom is -0.321 e. The van der Waals surface area contributed by atoms with Gasteiger partial charge < -0.3 is 10.6 Å². The van der Waals surface area contributed by atoms with Gasteiger partial charge in [-0.2, -0.15) is 0 Å². The van der Waals surface area contributed by atoms with Gasteiger partial charge >= 0.3 is 11.8 Å². The van der Waals surface area contributed by atoms with E-state index in [0.717, 1.165) is 14.5 Å². The van der Waals surface area contributed by atoms with Crippen LogP contribution < -0.4 is 16.1 Å². The number of aryl methyl sites for hydroxylation is 1. The highest BCUT2D eigenvalue weighted by atomic mass is 79.9. The average Bonchev–Trinajstić information content (AvgIpc) is 3.15. The molecule has 178 valence electrons. The van der Waals surface area contributed by atoms with Gasteiger partial charge in [0.25, 0.3) is 5.91 Å². The zero-order valence-electron chi connectivity index (χ0n) is 18.0. The Labute approximate surface area is 227 Å². The Bertz CT molecular complexity index is 1500. The Hall–Kier alpha value is -2.85. The van der Waals surface area contributed by atoms with Crippen molar-refractivity contribution in [2.45, 2.75) is 6.92 Å². The maximum atomic E-state index is 13.1. The number of aromatic nitrogens is 1. The molecule has 1 aromatic heterocycles. The highest BCUT2D eigenvalue weighted by Gasteiger charge is 2.22. The second-order valence-electron chi connectivity index (χ2n) is 7.51. The molecule has 3 aromatic carbocycles. The van der Waals surface area contributed by atoms with Gasteiger partial charge in [0.05, 0.1) is 15.6 Å². The largest absolute Gasteiger partial charge is 0.328 e. The maximum Gasteiger partial charge on any atom is 0.328 e. The third-order valence-electron chi connectivity index (χ3n) is 5.03. The summed E-state index contributed by atoms with van der Waals surface area (Å²) in [5.41, 5.74) is 4.83. The van der Waals surface area contributed by atoms with Gasteiger partial charge in [-0.3, -0.25) is 19.8 Å². The van der Waals surface area contributed by atoms with Crippen LogP contribution in [0.2, 0.25) is 10.0 Å². The van der Waals surface area contributed by atoms with Crippen molar-refractivity contribution in [3.05, 3.63) is 90.9 Å². The summed E-state index contributed by atoms with van der Waals surface area (Å²) in [7, 11) is 0. The minimum atomic E-state index is -0.948. The smallest absolute Gasteiger partial charge is 0.321 e. The van der Waals surface area contributed by atoms with Crippen LogP contribution in [0.3, 0.4) is 0 Å². The molecule has 3 N–H and O–H groups in total. The van der Waals surface area contributed by atoms with Crippen molar-refractivity contribution in [3.8, 4) is 0 Å². The average molecular weight is 639 g/mol. The van der Waals surface area contributed by atoms with E-state index in [1.54, 1.807) is 55.5 Å². The summed E-state index contributed by atoms with van der Waals surface area (Å²) in [5.74, 6) is -2.36. The summed E-state index contributed by atoms with van der Waals surface area (Å²) in [6.45, 7) is 1.81. The van der Waals surface area contributed by atoms with Crippen LogP contribution in [-0.4, -0.2) is 22.4 Å². The second kappa shape index (κ2) is 10.4. The van der Waals surface area contributed by atoms with Crippen molar-refractivity contribution >= 4 is 95.1 Å². The van der Waals surface area contributed by atoms with Crippen molar-refractivity contribution < 1.29 is 14.4 Å². The van der Waals surface area contributed by atoms with Crippen molar-refractivity contribution in [3.63, 3.8) is 0 Å². The van der Waals surface area contributed by atoms with Crippen molar-refractivity contribution in [1.29, 1.82) is 0 Å². The molecule has 0 aliphatic rings. The van der Waals surface area contributed by atoms with E-state index in [0.29, 0.717) is 27.3 Å². The molecule has 0 spiro atoms. The fourth-order valence-electron chi connectivity index (χ4n) is 3.34. The molecule has 0 aliphatic carbocycles. The first-order chi connectivity index (χ1) is 16.6. The maximum absolute atomic E-state index is 13.1. The minimum absolute atomic E-state index is 0.102. The Balaban J connectivity index is 1.63. The van der Waals surface area contributed by atoms with Gasteiger partial charge in [-0.05, 0) is 73.2 Å². The van der Waals surface area contributed by atoms with Gasteiger partial charge in [-0.1, -0.05) is 55.1 Å². The van der Waals surface area contributed by atoms with Gasteiger partial charge in [0.2, 0.25) is 0 Å². The van der Waals surface area contributed by atoms with Crippen molar-refractivity contribution in [1.82, 2.24) is 4.68 Å². The molecule has 0 atom stereocenters. The number of carbonyl (C=O) groups is 3. The summed E-state index contributed by atoms with van der Waals surface area (Å²) in [6, 6.07) is 16.8. The van der Waals surface area contributed by atoms with E-state index in [1.807, 2.05) is 6.07 Å². The first-order valence-corrected chi connectivity index (χ1v) is 12.4. The molecular weight excluding hydrogens is 623 g/mol. The van der Waals surface area contributed by atoms with Crippen LogP contribution in [0.25, 0.3) is 10.9 Å². The van der Waals surface area contributed by atoms with Crippen LogP contribution in [-0.2, 0) is 9.59 Å². The predicted molar refractivity (Wildman–Crippen MR) is 146 cm³/mol.